The van der Waals surface area contributed by atoms with Gasteiger partial charge >= 0.3 is 11.9 Å². The van der Waals surface area contributed by atoms with Crippen molar-refractivity contribution in [1.29, 1.82) is 0 Å². The van der Waals surface area contributed by atoms with E-state index in [4.69, 9.17) is 9.84 Å². The molecule has 1 aromatic heterocycles. The van der Waals surface area contributed by atoms with Crippen molar-refractivity contribution in [2.24, 2.45) is 0 Å². The number of hydrogen-bond acceptors (Lipinski definition) is 4. The number of aromatic amines is 1. The largest absolute Gasteiger partial charge is 0.478 e. The first-order valence-electron chi connectivity index (χ1n) is 10.1. The monoisotopic (exact) mass is 427 g/mol. The summed E-state index contributed by atoms with van der Waals surface area (Å²) in [6, 6.07) is 20.9. The van der Waals surface area contributed by atoms with Gasteiger partial charge in [-0.2, -0.15) is 0 Å². The Morgan fingerprint density at radius 3 is 2.22 bits per heavy atom. The van der Waals surface area contributed by atoms with Crippen LogP contribution in [0.25, 0.3) is 10.9 Å². The molecule has 0 aliphatic carbocycles. The molecule has 0 spiro atoms. The van der Waals surface area contributed by atoms with Gasteiger partial charge in [0.1, 0.15) is 6.61 Å². The highest BCUT2D eigenvalue weighted by Gasteiger charge is 2.11. The third-order valence-electron chi connectivity index (χ3n) is 5.24. The van der Waals surface area contributed by atoms with Crippen LogP contribution in [0.4, 0.5) is 0 Å². The molecule has 0 unspecified atom stereocenters. The van der Waals surface area contributed by atoms with Gasteiger partial charge in [-0.1, -0.05) is 42.0 Å². The maximum atomic E-state index is 12.5. The van der Waals surface area contributed by atoms with Crippen molar-refractivity contribution in [3.63, 3.8) is 0 Å². The van der Waals surface area contributed by atoms with Gasteiger partial charge in [-0.15, -0.1) is 0 Å². The van der Waals surface area contributed by atoms with E-state index in [9.17, 15) is 14.4 Å². The predicted octanol–water partition coefficient (Wildman–Crippen LogP) is 4.48. The quantitative estimate of drug-likeness (QED) is 0.442. The maximum absolute atomic E-state index is 12.5. The number of carbonyl (C=O) groups is 2. The third kappa shape index (κ3) is 4.75. The van der Waals surface area contributed by atoms with Crippen molar-refractivity contribution in [2.75, 3.05) is 0 Å². The van der Waals surface area contributed by atoms with Crippen LogP contribution in [-0.4, -0.2) is 22.0 Å². The van der Waals surface area contributed by atoms with Crippen molar-refractivity contribution in [3.8, 4) is 0 Å². The highest BCUT2D eigenvalue weighted by molar-refractivity contribution is 5.94. The van der Waals surface area contributed by atoms with Gasteiger partial charge in [0.25, 0.3) is 5.56 Å². The first-order valence-corrected chi connectivity index (χ1v) is 10.1. The summed E-state index contributed by atoms with van der Waals surface area (Å²) in [5.74, 6) is -1.44. The van der Waals surface area contributed by atoms with Crippen LogP contribution in [0.15, 0.2) is 77.6 Å². The van der Waals surface area contributed by atoms with Crippen LogP contribution in [0.3, 0.4) is 0 Å². The minimum absolute atomic E-state index is 0.181. The van der Waals surface area contributed by atoms with Crippen LogP contribution in [0, 0.1) is 6.92 Å². The molecule has 6 heteroatoms. The van der Waals surface area contributed by atoms with Gasteiger partial charge in [0.05, 0.1) is 11.1 Å². The average Bonchev–Trinajstić information content (AvgIpc) is 2.79. The molecule has 32 heavy (non-hydrogen) atoms. The Hall–Kier alpha value is -4.19. The molecule has 0 bridgehead atoms. The average molecular weight is 427 g/mol. The third-order valence-corrected chi connectivity index (χ3v) is 5.24. The van der Waals surface area contributed by atoms with Crippen LogP contribution in [0.5, 0.6) is 0 Å². The molecular weight excluding hydrogens is 406 g/mol. The SMILES string of the molecule is Cc1ccc(COC(=O)c2ccc3[nH]c(=O)c(Cc4ccc(C(=O)O)cc4)cc3c2)cc1. The summed E-state index contributed by atoms with van der Waals surface area (Å²) in [7, 11) is 0. The Labute approximate surface area is 184 Å². The lowest BCUT2D eigenvalue weighted by atomic mass is 10.0. The van der Waals surface area contributed by atoms with Gasteiger partial charge in [0.15, 0.2) is 0 Å². The molecule has 6 nitrogen and oxygen atoms in total. The number of rotatable bonds is 6. The number of carboxylic acid groups (broad SMARTS) is 1. The van der Waals surface area contributed by atoms with E-state index in [1.165, 1.54) is 12.1 Å². The normalized spacial score (nSPS) is 10.8. The summed E-state index contributed by atoms with van der Waals surface area (Å²) < 4.78 is 5.42. The Balaban J connectivity index is 1.54. The van der Waals surface area contributed by atoms with Crippen molar-refractivity contribution in [3.05, 3.63) is 117 Å². The Morgan fingerprint density at radius 1 is 0.875 bits per heavy atom. The van der Waals surface area contributed by atoms with E-state index in [1.807, 2.05) is 31.2 Å². The predicted molar refractivity (Wildman–Crippen MR) is 121 cm³/mol. The summed E-state index contributed by atoms with van der Waals surface area (Å²) in [5.41, 5.74) is 4.36. The van der Waals surface area contributed by atoms with Crippen molar-refractivity contribution in [1.82, 2.24) is 4.98 Å². The highest BCUT2D eigenvalue weighted by Crippen LogP contribution is 2.17. The molecule has 0 fully saturated rings. The minimum atomic E-state index is -0.998. The molecule has 4 aromatic rings. The molecule has 0 aliphatic heterocycles. The van der Waals surface area contributed by atoms with Crippen molar-refractivity contribution < 1.29 is 19.4 Å². The van der Waals surface area contributed by atoms with Crippen LogP contribution < -0.4 is 5.56 Å². The molecule has 2 N–H and O–H groups in total. The maximum Gasteiger partial charge on any atom is 0.338 e. The molecule has 0 radical (unpaired) electrons. The molecule has 0 atom stereocenters. The van der Waals surface area contributed by atoms with Gasteiger partial charge in [0, 0.05) is 17.5 Å². The Kier molecular flexibility index (Phi) is 5.85. The second-order valence-electron chi connectivity index (χ2n) is 7.67. The standard InChI is InChI=1S/C26H21NO5/c1-16-2-4-18(5-3-16)15-32-26(31)20-10-11-23-21(13-20)14-22(24(28)27-23)12-17-6-8-19(9-7-17)25(29)30/h2-11,13-14H,12,15H2,1H3,(H,27,28)(H,29,30). The molecule has 4 rings (SSSR count). The Bertz CT molecular complexity index is 1350. The number of carbonyl (C=O) groups excluding carboxylic acids is 1. The molecule has 3 aromatic carbocycles. The number of ether oxygens (including phenoxy) is 1. The lowest BCUT2D eigenvalue weighted by Gasteiger charge is -2.08. The van der Waals surface area contributed by atoms with E-state index in [0.29, 0.717) is 28.5 Å². The number of aryl methyl sites for hydroxylation is 1. The number of aromatic carboxylic acids is 1. The van der Waals surface area contributed by atoms with Gasteiger partial charge in [-0.05, 0) is 59.8 Å². The number of fused-ring (bicyclic) bond motifs is 1. The van der Waals surface area contributed by atoms with E-state index in [0.717, 1.165) is 16.7 Å². The molecule has 1 heterocycles. The lowest BCUT2D eigenvalue weighted by molar-refractivity contribution is 0.0472. The number of hydrogen-bond donors (Lipinski definition) is 2. The number of nitrogens with one attached hydrogen (secondary N) is 1. The summed E-state index contributed by atoms with van der Waals surface area (Å²) in [4.78, 5) is 38.8. The topological polar surface area (TPSA) is 96.5 Å². The summed E-state index contributed by atoms with van der Waals surface area (Å²) in [6.07, 6.45) is 0.341. The van der Waals surface area contributed by atoms with Crippen LogP contribution in [0.1, 0.15) is 43.0 Å². The lowest BCUT2D eigenvalue weighted by Crippen LogP contribution is -2.13. The molecular formula is C26H21NO5. The second-order valence-corrected chi connectivity index (χ2v) is 7.67. The zero-order chi connectivity index (χ0) is 22.7. The highest BCUT2D eigenvalue weighted by atomic mass is 16.5. The molecule has 0 saturated carbocycles. The van der Waals surface area contributed by atoms with E-state index in [1.54, 1.807) is 36.4 Å². The zero-order valence-corrected chi connectivity index (χ0v) is 17.4. The van der Waals surface area contributed by atoms with Crippen molar-refractivity contribution >= 4 is 22.8 Å². The smallest absolute Gasteiger partial charge is 0.338 e. The number of benzene rings is 3. The fraction of sp³-hybridized carbons (Fsp3) is 0.115. The van der Waals surface area contributed by atoms with E-state index >= 15 is 0 Å². The van der Waals surface area contributed by atoms with Crippen LogP contribution >= 0.6 is 0 Å². The van der Waals surface area contributed by atoms with E-state index in [2.05, 4.69) is 4.98 Å². The van der Waals surface area contributed by atoms with Crippen molar-refractivity contribution in [2.45, 2.75) is 20.0 Å². The van der Waals surface area contributed by atoms with Gasteiger partial charge in [-0.25, -0.2) is 9.59 Å². The molecule has 0 amide bonds. The fourth-order valence-corrected chi connectivity index (χ4v) is 3.41. The van der Waals surface area contributed by atoms with Gasteiger partial charge < -0.3 is 14.8 Å². The van der Waals surface area contributed by atoms with E-state index in [-0.39, 0.29) is 17.7 Å². The number of esters is 1. The molecule has 0 aliphatic rings. The first kappa shape index (κ1) is 21.1. The summed E-state index contributed by atoms with van der Waals surface area (Å²) in [5, 5.41) is 9.73. The fourth-order valence-electron chi connectivity index (χ4n) is 3.41. The second kappa shape index (κ2) is 8.89. The summed E-state index contributed by atoms with van der Waals surface area (Å²) in [6.45, 7) is 2.18. The van der Waals surface area contributed by atoms with Gasteiger partial charge in [-0.3, -0.25) is 4.79 Å². The number of H-pyrrole nitrogens is 1. The summed E-state index contributed by atoms with van der Waals surface area (Å²) >= 11 is 0. The number of pyridine rings is 1. The number of aromatic nitrogens is 1. The molecule has 160 valence electrons. The first-order chi connectivity index (χ1) is 15.4. The number of carboxylic acids is 1. The van der Waals surface area contributed by atoms with Gasteiger partial charge in [0.2, 0.25) is 0 Å². The van der Waals surface area contributed by atoms with Crippen LogP contribution in [0.2, 0.25) is 0 Å². The Morgan fingerprint density at radius 2 is 1.53 bits per heavy atom. The minimum Gasteiger partial charge on any atom is -0.478 e. The zero-order valence-electron chi connectivity index (χ0n) is 17.4. The van der Waals surface area contributed by atoms with E-state index < -0.39 is 11.9 Å². The van der Waals surface area contributed by atoms with Crippen LogP contribution in [-0.2, 0) is 17.8 Å². The molecule has 0 saturated heterocycles.